The molecule has 0 amide bonds. The topological polar surface area (TPSA) is 34.1 Å². The second-order valence-corrected chi connectivity index (χ2v) is 3.81. The molecule has 1 aromatic heterocycles. The highest BCUT2D eigenvalue weighted by Gasteiger charge is 2.01. The van der Waals surface area contributed by atoms with Gasteiger partial charge in [-0.3, -0.25) is 9.13 Å². The summed E-state index contributed by atoms with van der Waals surface area (Å²) in [6.07, 6.45) is 0. The van der Waals surface area contributed by atoms with E-state index in [1.807, 2.05) is 0 Å². The second-order valence-electron chi connectivity index (χ2n) is 1.29. The number of thiophene rings is 1. The Kier molecular flexibility index (Phi) is 2.47. The standard InChI is InChI=1S/C4H2O2P2S/c5-7-3-1-2-9-4(3)8-6/h1-2H. The van der Waals surface area contributed by atoms with Crippen molar-refractivity contribution < 1.29 is 9.13 Å². The maximum atomic E-state index is 10.2. The third-order valence-corrected chi connectivity index (χ3v) is 3.36. The van der Waals surface area contributed by atoms with Gasteiger partial charge in [-0.1, -0.05) is 0 Å². The molecule has 1 aromatic rings. The van der Waals surface area contributed by atoms with Gasteiger partial charge >= 0.3 is 0 Å². The molecule has 46 valence electrons. The van der Waals surface area contributed by atoms with Gasteiger partial charge in [0, 0.05) is 0 Å². The normalized spacial score (nSPS) is 10.7. The van der Waals surface area contributed by atoms with Crippen molar-refractivity contribution in [2.24, 2.45) is 0 Å². The van der Waals surface area contributed by atoms with Crippen LogP contribution in [0.3, 0.4) is 0 Å². The maximum absolute atomic E-state index is 10.2. The van der Waals surface area contributed by atoms with Gasteiger partial charge < -0.3 is 0 Å². The molecule has 0 aliphatic heterocycles. The zero-order valence-electron chi connectivity index (χ0n) is 4.27. The van der Waals surface area contributed by atoms with Crippen LogP contribution in [0, 0.1) is 0 Å². The minimum absolute atomic E-state index is 0.0450. The van der Waals surface area contributed by atoms with E-state index in [-0.39, 0.29) is 16.9 Å². The van der Waals surface area contributed by atoms with Crippen molar-refractivity contribution in [3.63, 3.8) is 0 Å². The zero-order valence-corrected chi connectivity index (χ0v) is 6.88. The molecule has 0 fully saturated rings. The van der Waals surface area contributed by atoms with Gasteiger partial charge in [0.05, 0.1) is 5.30 Å². The Bertz CT molecular complexity index is 210. The Morgan fingerprint density at radius 2 is 2.11 bits per heavy atom. The van der Waals surface area contributed by atoms with Crippen molar-refractivity contribution in [1.29, 1.82) is 0 Å². The van der Waals surface area contributed by atoms with E-state index in [2.05, 4.69) is 0 Å². The van der Waals surface area contributed by atoms with Gasteiger partial charge in [-0.05, 0) is 11.4 Å². The molecular formula is C4H2O2P2S. The third-order valence-electron chi connectivity index (χ3n) is 0.806. The van der Waals surface area contributed by atoms with Crippen LogP contribution in [0.5, 0.6) is 0 Å². The molecule has 0 aliphatic carbocycles. The van der Waals surface area contributed by atoms with Gasteiger partial charge in [0.2, 0.25) is 8.46 Å². The molecule has 0 bridgehead atoms. The maximum Gasteiger partial charge on any atom is 0.204 e. The Morgan fingerprint density at radius 3 is 2.56 bits per heavy atom. The fourth-order valence-electron chi connectivity index (χ4n) is 0.432. The van der Waals surface area contributed by atoms with E-state index in [1.54, 1.807) is 11.4 Å². The fraction of sp³-hybridized carbons (Fsp3) is 0. The Labute approximate surface area is 59.3 Å². The van der Waals surface area contributed by atoms with Crippen LogP contribution in [0.4, 0.5) is 0 Å². The summed E-state index contributed by atoms with van der Waals surface area (Å²) in [5.41, 5.74) is 0. The minimum atomic E-state index is -0.0531. The quantitative estimate of drug-likeness (QED) is 0.641. The molecule has 9 heavy (non-hydrogen) atoms. The van der Waals surface area contributed by atoms with Crippen molar-refractivity contribution in [1.82, 2.24) is 0 Å². The van der Waals surface area contributed by atoms with Gasteiger partial charge in [-0.25, -0.2) is 0 Å². The molecule has 0 unspecified atom stereocenters. The van der Waals surface area contributed by atoms with E-state index in [1.165, 1.54) is 11.3 Å². The summed E-state index contributed by atoms with van der Waals surface area (Å²) >= 11 is 1.34. The molecule has 0 spiro atoms. The largest absolute Gasteiger partial charge is 0.269 e. The molecule has 2 nitrogen and oxygen atoms in total. The second kappa shape index (κ2) is 3.17. The Morgan fingerprint density at radius 1 is 1.33 bits per heavy atom. The summed E-state index contributed by atoms with van der Waals surface area (Å²) in [5, 5.41) is 2.39. The Balaban J connectivity index is 3.12. The van der Waals surface area contributed by atoms with E-state index in [0.29, 0.717) is 9.92 Å². The van der Waals surface area contributed by atoms with Crippen molar-refractivity contribution in [2.75, 3.05) is 0 Å². The van der Waals surface area contributed by atoms with Crippen LogP contribution in [0.25, 0.3) is 0 Å². The van der Waals surface area contributed by atoms with E-state index in [0.717, 1.165) is 0 Å². The average Bonchev–Trinajstić information content (AvgIpc) is 2.33. The number of hydrogen-bond acceptors (Lipinski definition) is 3. The predicted octanol–water partition coefficient (Wildman–Crippen LogP) is 1.58. The first-order chi connectivity index (χ1) is 4.38. The van der Waals surface area contributed by atoms with Crippen LogP contribution in [0.2, 0.25) is 0 Å². The first kappa shape index (κ1) is 7.01. The molecule has 0 saturated heterocycles. The van der Waals surface area contributed by atoms with Crippen molar-refractivity contribution in [3.05, 3.63) is 11.4 Å². The smallest absolute Gasteiger partial charge is 0.204 e. The monoisotopic (exact) mass is 176 g/mol. The van der Waals surface area contributed by atoms with Gasteiger partial charge in [0.25, 0.3) is 0 Å². The summed E-state index contributed by atoms with van der Waals surface area (Å²) in [4.78, 5) is 0. The van der Waals surface area contributed by atoms with Crippen LogP contribution in [-0.2, 0) is 9.13 Å². The summed E-state index contributed by atoms with van der Waals surface area (Å²) in [6, 6.07) is 1.69. The lowest BCUT2D eigenvalue weighted by atomic mass is 10.7. The fourth-order valence-corrected chi connectivity index (χ4v) is 2.31. The highest BCUT2D eigenvalue weighted by molar-refractivity contribution is 7.52. The van der Waals surface area contributed by atoms with Gasteiger partial charge in [-0.15, -0.1) is 11.3 Å². The van der Waals surface area contributed by atoms with Crippen LogP contribution in [0.15, 0.2) is 11.4 Å². The van der Waals surface area contributed by atoms with Crippen molar-refractivity contribution >= 4 is 38.2 Å². The number of hydrogen-bond donors (Lipinski definition) is 0. The van der Waals surface area contributed by atoms with Crippen molar-refractivity contribution in [3.8, 4) is 0 Å². The summed E-state index contributed by atoms with van der Waals surface area (Å²) < 4.78 is 21.1. The molecule has 0 saturated carbocycles. The summed E-state index contributed by atoms with van der Waals surface area (Å²) in [6.45, 7) is 0. The highest BCUT2D eigenvalue weighted by Crippen LogP contribution is 2.05. The highest BCUT2D eigenvalue weighted by atomic mass is 32.1. The predicted molar refractivity (Wildman–Crippen MR) is 38.8 cm³/mol. The van der Waals surface area contributed by atoms with E-state index < -0.39 is 0 Å². The minimum Gasteiger partial charge on any atom is -0.269 e. The summed E-state index contributed by atoms with van der Waals surface area (Å²) in [7, 11) is -0.0982. The lowest BCUT2D eigenvalue weighted by Crippen LogP contribution is -2.02. The molecule has 0 aromatic carbocycles. The van der Waals surface area contributed by atoms with Crippen LogP contribution in [-0.4, -0.2) is 0 Å². The number of rotatable bonds is 2. The molecule has 0 radical (unpaired) electrons. The van der Waals surface area contributed by atoms with Crippen LogP contribution < -0.4 is 9.92 Å². The van der Waals surface area contributed by atoms with Crippen LogP contribution >= 0.6 is 28.3 Å². The first-order valence-corrected chi connectivity index (χ1v) is 4.63. The van der Waals surface area contributed by atoms with Gasteiger partial charge in [-0.2, -0.15) is 0 Å². The molecule has 0 aliphatic rings. The average molecular weight is 176 g/mol. The molecule has 1 heterocycles. The molecule has 0 atom stereocenters. The lowest BCUT2D eigenvalue weighted by Gasteiger charge is -1.75. The first-order valence-electron chi connectivity index (χ1n) is 2.12. The zero-order chi connectivity index (χ0) is 6.69. The SMILES string of the molecule is O=Pc1ccsc1P=O. The van der Waals surface area contributed by atoms with E-state index in [9.17, 15) is 9.13 Å². The van der Waals surface area contributed by atoms with Crippen LogP contribution in [0.1, 0.15) is 0 Å². The van der Waals surface area contributed by atoms with Crippen molar-refractivity contribution in [2.45, 2.75) is 0 Å². The molecule has 0 N–H and O–H groups in total. The third kappa shape index (κ3) is 1.42. The van der Waals surface area contributed by atoms with E-state index in [4.69, 9.17) is 0 Å². The Hall–Kier alpha value is -0.100. The molecule has 5 heteroatoms. The lowest BCUT2D eigenvalue weighted by molar-refractivity contribution is 0.601. The summed E-state index contributed by atoms with van der Waals surface area (Å²) in [5.74, 6) is 0. The molecule has 1 rings (SSSR count). The van der Waals surface area contributed by atoms with E-state index >= 15 is 0 Å². The van der Waals surface area contributed by atoms with Gasteiger partial charge in [0.1, 0.15) is 4.62 Å². The van der Waals surface area contributed by atoms with Gasteiger partial charge in [0.15, 0.2) is 8.46 Å². The molecular weight excluding hydrogens is 174 g/mol.